The topological polar surface area (TPSA) is 72.5 Å². The quantitative estimate of drug-likeness (QED) is 0.518. The molecule has 1 saturated heterocycles. The van der Waals surface area contributed by atoms with Gasteiger partial charge in [-0.1, -0.05) is 18.2 Å². The third-order valence-electron chi connectivity index (χ3n) is 5.49. The summed E-state index contributed by atoms with van der Waals surface area (Å²) in [7, 11) is 0. The van der Waals surface area contributed by atoms with Crippen molar-refractivity contribution in [3.05, 3.63) is 60.3 Å². The van der Waals surface area contributed by atoms with E-state index in [9.17, 15) is 4.79 Å². The van der Waals surface area contributed by atoms with Gasteiger partial charge in [0.1, 0.15) is 0 Å². The van der Waals surface area contributed by atoms with Crippen molar-refractivity contribution in [2.45, 2.75) is 19.4 Å². The second kappa shape index (κ2) is 12.0. The van der Waals surface area contributed by atoms with Crippen LogP contribution < -0.4 is 11.1 Å². The summed E-state index contributed by atoms with van der Waals surface area (Å²) in [6.45, 7) is 5.63. The minimum atomic E-state index is -0.000599. The van der Waals surface area contributed by atoms with E-state index in [1.165, 1.54) is 5.52 Å². The number of carbonyl (C=O) groups is 1. The summed E-state index contributed by atoms with van der Waals surface area (Å²) in [6.07, 6.45) is 3.17. The molecule has 0 aliphatic carbocycles. The van der Waals surface area contributed by atoms with Gasteiger partial charge in [0, 0.05) is 61.1 Å². The van der Waals surface area contributed by atoms with Crippen LogP contribution in [0.2, 0.25) is 0 Å². The number of ether oxygens (including phenoxy) is 1. The van der Waals surface area contributed by atoms with Crippen LogP contribution in [0.3, 0.4) is 0 Å². The van der Waals surface area contributed by atoms with E-state index in [1.807, 2.05) is 36.4 Å². The number of anilines is 2. The van der Waals surface area contributed by atoms with Crippen LogP contribution in [0.5, 0.6) is 0 Å². The first-order valence-electron chi connectivity index (χ1n) is 10.2. The van der Waals surface area contributed by atoms with Gasteiger partial charge in [-0.2, -0.15) is 0 Å². The van der Waals surface area contributed by atoms with E-state index in [4.69, 9.17) is 10.5 Å². The van der Waals surface area contributed by atoms with E-state index in [2.05, 4.69) is 33.1 Å². The van der Waals surface area contributed by atoms with E-state index in [-0.39, 0.29) is 30.7 Å². The summed E-state index contributed by atoms with van der Waals surface area (Å²) in [5.41, 5.74) is 9.72. The molecule has 0 spiro atoms. The molecule has 8 heteroatoms. The van der Waals surface area contributed by atoms with Crippen LogP contribution in [0.25, 0.3) is 10.9 Å². The number of morpholine rings is 1. The summed E-state index contributed by atoms with van der Waals surface area (Å²) in [6, 6.07) is 15.9. The van der Waals surface area contributed by atoms with Crippen molar-refractivity contribution in [3.8, 4) is 0 Å². The molecule has 1 fully saturated rings. The number of halogens is 2. The van der Waals surface area contributed by atoms with Crippen molar-refractivity contribution in [2.75, 3.05) is 43.9 Å². The van der Waals surface area contributed by atoms with Crippen LogP contribution in [0.15, 0.2) is 54.7 Å². The third-order valence-corrected chi connectivity index (χ3v) is 5.49. The van der Waals surface area contributed by atoms with Gasteiger partial charge in [-0.3, -0.25) is 9.69 Å². The van der Waals surface area contributed by atoms with Crippen LogP contribution in [0, 0.1) is 0 Å². The molecule has 0 radical (unpaired) electrons. The van der Waals surface area contributed by atoms with Gasteiger partial charge in [0.15, 0.2) is 0 Å². The fraction of sp³-hybridized carbons (Fsp3) is 0.348. The number of nitrogens with two attached hydrogens (primary N) is 1. The summed E-state index contributed by atoms with van der Waals surface area (Å²) >= 11 is 0. The Kier molecular flexibility index (Phi) is 9.65. The first-order valence-corrected chi connectivity index (χ1v) is 10.2. The van der Waals surface area contributed by atoms with Crippen molar-refractivity contribution < 1.29 is 9.53 Å². The molecule has 1 aromatic heterocycles. The van der Waals surface area contributed by atoms with Gasteiger partial charge in [-0.25, -0.2) is 0 Å². The number of hydrogen-bond acceptors (Lipinski definition) is 4. The maximum absolute atomic E-state index is 12.3. The zero-order valence-electron chi connectivity index (χ0n) is 17.5. The Balaban J connectivity index is 0.00000171. The molecule has 6 nitrogen and oxygen atoms in total. The minimum Gasteiger partial charge on any atom is -0.399 e. The predicted octanol–water partition coefficient (Wildman–Crippen LogP) is 3.97. The smallest absolute Gasteiger partial charge is 0.224 e. The maximum Gasteiger partial charge on any atom is 0.224 e. The number of rotatable bonds is 7. The van der Waals surface area contributed by atoms with E-state index in [0.717, 1.165) is 61.7 Å². The molecule has 1 aliphatic heterocycles. The number of nitrogens with zero attached hydrogens (tertiary/aromatic N) is 2. The highest BCUT2D eigenvalue weighted by molar-refractivity contribution is 5.94. The lowest BCUT2D eigenvalue weighted by Crippen LogP contribution is -2.38. The number of benzene rings is 2. The van der Waals surface area contributed by atoms with E-state index in [0.29, 0.717) is 12.8 Å². The maximum atomic E-state index is 12.3. The summed E-state index contributed by atoms with van der Waals surface area (Å²) in [5.74, 6) is -0.000599. The fourth-order valence-corrected chi connectivity index (χ4v) is 3.78. The Morgan fingerprint density at radius 1 is 1.03 bits per heavy atom. The summed E-state index contributed by atoms with van der Waals surface area (Å²) < 4.78 is 7.68. The normalized spacial score (nSPS) is 13.9. The first kappa shape index (κ1) is 25.0. The number of para-hydroxylation sites is 1. The van der Waals surface area contributed by atoms with Crippen molar-refractivity contribution in [1.82, 2.24) is 9.47 Å². The van der Waals surface area contributed by atoms with Gasteiger partial charge < -0.3 is 20.4 Å². The lowest BCUT2D eigenvalue weighted by Gasteiger charge is -2.26. The highest BCUT2D eigenvalue weighted by atomic mass is 35.5. The number of aromatic nitrogens is 1. The number of nitrogen functional groups attached to an aromatic ring is 1. The van der Waals surface area contributed by atoms with Crippen LogP contribution >= 0.6 is 24.8 Å². The van der Waals surface area contributed by atoms with Crippen molar-refractivity contribution in [3.63, 3.8) is 0 Å². The van der Waals surface area contributed by atoms with Crippen LogP contribution in [0.1, 0.15) is 12.0 Å². The van der Waals surface area contributed by atoms with Crippen LogP contribution in [-0.4, -0.2) is 48.2 Å². The first-order chi connectivity index (χ1) is 14.2. The van der Waals surface area contributed by atoms with Gasteiger partial charge in [-0.15, -0.1) is 24.8 Å². The van der Waals surface area contributed by atoms with Crippen molar-refractivity contribution in [2.24, 2.45) is 0 Å². The molecule has 4 rings (SSSR count). The largest absolute Gasteiger partial charge is 0.399 e. The molecule has 0 unspecified atom stereocenters. The monoisotopic (exact) mass is 464 g/mol. The molecule has 2 heterocycles. The number of carbonyl (C=O) groups excluding carboxylic acids is 1. The molecule has 168 valence electrons. The molecular formula is C23H30Cl2N4O2. The summed E-state index contributed by atoms with van der Waals surface area (Å²) in [4.78, 5) is 14.8. The van der Waals surface area contributed by atoms with Crippen molar-refractivity contribution in [1.29, 1.82) is 0 Å². The van der Waals surface area contributed by atoms with Gasteiger partial charge in [-0.05, 0) is 42.3 Å². The molecule has 0 saturated carbocycles. The van der Waals surface area contributed by atoms with Crippen LogP contribution in [0.4, 0.5) is 11.4 Å². The standard InChI is InChI=1S/C23H28N4O2.2ClH/c24-21-4-2-1-3-18(21)5-8-23(28)25-20-6-7-22-19(17-20)9-10-27(22)12-11-26-13-15-29-16-14-26;;/h1-4,6-7,9-10,17H,5,8,11-16,24H2,(H,25,28);2*1H. The zero-order chi connectivity index (χ0) is 20.1. The van der Waals surface area contributed by atoms with E-state index < -0.39 is 0 Å². The SMILES string of the molecule is Cl.Cl.Nc1ccccc1CCC(=O)Nc1ccc2c(ccn2CCN2CCOCC2)c1. The zero-order valence-corrected chi connectivity index (χ0v) is 19.1. The average molecular weight is 465 g/mol. The van der Waals surface area contributed by atoms with Gasteiger partial charge >= 0.3 is 0 Å². The van der Waals surface area contributed by atoms with Crippen LogP contribution in [-0.2, 0) is 22.5 Å². The molecule has 2 aromatic carbocycles. The second-order valence-corrected chi connectivity index (χ2v) is 7.48. The molecule has 3 aromatic rings. The lowest BCUT2D eigenvalue weighted by atomic mass is 10.1. The highest BCUT2D eigenvalue weighted by Crippen LogP contribution is 2.21. The Morgan fingerprint density at radius 3 is 2.58 bits per heavy atom. The Labute approximate surface area is 195 Å². The molecule has 0 atom stereocenters. The number of nitrogens with one attached hydrogen (secondary N) is 1. The second-order valence-electron chi connectivity index (χ2n) is 7.48. The third kappa shape index (κ3) is 6.61. The number of fused-ring (bicyclic) bond motifs is 1. The Hall–Kier alpha value is -2.25. The molecule has 31 heavy (non-hydrogen) atoms. The number of amides is 1. The van der Waals surface area contributed by atoms with E-state index >= 15 is 0 Å². The Morgan fingerprint density at radius 2 is 1.81 bits per heavy atom. The number of hydrogen-bond donors (Lipinski definition) is 2. The highest BCUT2D eigenvalue weighted by Gasteiger charge is 2.11. The van der Waals surface area contributed by atoms with E-state index in [1.54, 1.807) is 0 Å². The van der Waals surface area contributed by atoms with Crippen molar-refractivity contribution >= 4 is 53.0 Å². The molecule has 3 N–H and O–H groups in total. The molecule has 1 amide bonds. The predicted molar refractivity (Wildman–Crippen MR) is 131 cm³/mol. The molecule has 0 bridgehead atoms. The van der Waals surface area contributed by atoms with Gasteiger partial charge in [0.05, 0.1) is 13.2 Å². The molecular weight excluding hydrogens is 435 g/mol. The Bertz CT molecular complexity index is 987. The lowest BCUT2D eigenvalue weighted by molar-refractivity contribution is -0.116. The minimum absolute atomic E-state index is 0. The van der Waals surface area contributed by atoms with Gasteiger partial charge in [0.2, 0.25) is 5.91 Å². The number of aryl methyl sites for hydroxylation is 1. The average Bonchev–Trinajstić information content (AvgIpc) is 3.14. The summed E-state index contributed by atoms with van der Waals surface area (Å²) in [5, 5.41) is 4.14. The fourth-order valence-electron chi connectivity index (χ4n) is 3.78. The molecule has 1 aliphatic rings. The van der Waals surface area contributed by atoms with Gasteiger partial charge in [0.25, 0.3) is 0 Å².